The summed E-state index contributed by atoms with van der Waals surface area (Å²) in [6, 6.07) is 0.563. The van der Waals surface area contributed by atoms with Gasteiger partial charge < -0.3 is 19.7 Å². The van der Waals surface area contributed by atoms with Gasteiger partial charge in [-0.25, -0.2) is 0 Å². The predicted molar refractivity (Wildman–Crippen MR) is 104 cm³/mol. The molecular weight excluding hydrogens is 326 g/mol. The van der Waals surface area contributed by atoms with Crippen LogP contribution >= 0.6 is 0 Å². The van der Waals surface area contributed by atoms with Crippen molar-refractivity contribution >= 4 is 5.96 Å². The van der Waals surface area contributed by atoms with Crippen LogP contribution in [0.2, 0.25) is 0 Å². The van der Waals surface area contributed by atoms with E-state index in [4.69, 9.17) is 14.5 Å². The van der Waals surface area contributed by atoms with Crippen LogP contribution in [0.5, 0.6) is 0 Å². The molecule has 2 saturated carbocycles. The van der Waals surface area contributed by atoms with Crippen LogP contribution in [-0.2, 0) is 9.47 Å². The maximum atomic E-state index is 6.14. The summed E-state index contributed by atoms with van der Waals surface area (Å²) in [6.07, 6.45) is 10.8. The molecule has 4 rings (SSSR count). The zero-order chi connectivity index (χ0) is 18.0. The Morgan fingerprint density at radius 3 is 2.65 bits per heavy atom. The van der Waals surface area contributed by atoms with Crippen LogP contribution in [0.1, 0.15) is 58.3 Å². The van der Waals surface area contributed by atoms with Crippen molar-refractivity contribution in [3.05, 3.63) is 0 Å². The summed E-state index contributed by atoms with van der Waals surface area (Å²) in [7, 11) is 2.21. The van der Waals surface area contributed by atoms with E-state index in [1.165, 1.54) is 51.4 Å². The maximum Gasteiger partial charge on any atom is 0.193 e. The highest BCUT2D eigenvalue weighted by atomic mass is 16.5. The molecule has 5 heteroatoms. The number of hydrogen-bond donors (Lipinski definition) is 1. The molecule has 0 aromatic rings. The summed E-state index contributed by atoms with van der Waals surface area (Å²) in [5.74, 6) is 2.62. The third-order valence-corrected chi connectivity index (χ3v) is 7.45. The van der Waals surface area contributed by atoms with E-state index in [1.807, 2.05) is 0 Å². The van der Waals surface area contributed by atoms with Crippen molar-refractivity contribution < 1.29 is 9.47 Å². The number of guanidine groups is 1. The minimum Gasteiger partial charge on any atom is -0.381 e. The van der Waals surface area contributed by atoms with Gasteiger partial charge in [-0.3, -0.25) is 4.99 Å². The minimum atomic E-state index is 0.386. The predicted octanol–water partition coefficient (Wildman–Crippen LogP) is 3.05. The molecule has 26 heavy (non-hydrogen) atoms. The van der Waals surface area contributed by atoms with E-state index in [9.17, 15) is 0 Å². The molecule has 1 spiro atoms. The Bertz CT molecular complexity index is 497. The molecule has 0 amide bonds. The largest absolute Gasteiger partial charge is 0.381 e. The zero-order valence-corrected chi connectivity index (χ0v) is 16.7. The van der Waals surface area contributed by atoms with Crippen LogP contribution < -0.4 is 5.32 Å². The van der Waals surface area contributed by atoms with Gasteiger partial charge in [0.15, 0.2) is 5.96 Å². The molecule has 2 aliphatic heterocycles. The lowest BCUT2D eigenvalue weighted by Crippen LogP contribution is -2.69. The normalized spacial score (nSPS) is 33.9. The van der Waals surface area contributed by atoms with Crippen LogP contribution in [0, 0.1) is 17.3 Å². The summed E-state index contributed by atoms with van der Waals surface area (Å²) in [5, 5.41) is 3.92. The van der Waals surface area contributed by atoms with Crippen LogP contribution in [0.25, 0.3) is 0 Å². The monoisotopic (exact) mass is 363 g/mol. The average Bonchev–Trinajstić information content (AvgIpc) is 3.32. The average molecular weight is 364 g/mol. The lowest BCUT2D eigenvalue weighted by molar-refractivity contribution is -0.125. The van der Waals surface area contributed by atoms with Gasteiger partial charge in [0.1, 0.15) is 0 Å². The van der Waals surface area contributed by atoms with Gasteiger partial charge in [-0.1, -0.05) is 12.8 Å². The molecule has 2 saturated heterocycles. The Morgan fingerprint density at radius 1 is 1.15 bits per heavy atom. The van der Waals surface area contributed by atoms with Gasteiger partial charge >= 0.3 is 0 Å². The van der Waals surface area contributed by atoms with Crippen molar-refractivity contribution in [1.82, 2.24) is 10.2 Å². The van der Waals surface area contributed by atoms with E-state index in [2.05, 4.69) is 24.2 Å². The first kappa shape index (κ1) is 18.5. The topological polar surface area (TPSA) is 46.1 Å². The second-order valence-electron chi connectivity index (χ2n) is 8.87. The third-order valence-electron chi connectivity index (χ3n) is 7.45. The molecular formula is C21H37N3O2. The van der Waals surface area contributed by atoms with Crippen molar-refractivity contribution in [1.29, 1.82) is 0 Å². The highest BCUT2D eigenvalue weighted by molar-refractivity contribution is 5.80. The number of rotatable bonds is 5. The van der Waals surface area contributed by atoms with Gasteiger partial charge in [0.05, 0.1) is 6.10 Å². The number of aliphatic imine (C=N–C) groups is 1. The number of nitrogens with zero attached hydrogens (tertiary/aromatic N) is 2. The molecule has 2 heterocycles. The van der Waals surface area contributed by atoms with Gasteiger partial charge in [-0.2, -0.15) is 0 Å². The fraction of sp³-hybridized carbons (Fsp3) is 0.952. The van der Waals surface area contributed by atoms with Crippen LogP contribution in [-0.4, -0.2) is 63.0 Å². The lowest BCUT2D eigenvalue weighted by atomic mass is 9.54. The van der Waals surface area contributed by atoms with Gasteiger partial charge in [-0.15, -0.1) is 0 Å². The number of nitrogens with one attached hydrogen (secondary N) is 1. The van der Waals surface area contributed by atoms with Crippen molar-refractivity contribution in [2.45, 2.75) is 70.4 Å². The van der Waals surface area contributed by atoms with Crippen LogP contribution in [0.15, 0.2) is 4.99 Å². The molecule has 0 aromatic carbocycles. The Hall–Kier alpha value is -0.810. The maximum absolute atomic E-state index is 6.14. The zero-order valence-electron chi connectivity index (χ0n) is 16.7. The molecule has 2 aliphatic carbocycles. The third kappa shape index (κ3) is 3.37. The highest BCUT2D eigenvalue weighted by Gasteiger charge is 2.65. The first-order valence-electron chi connectivity index (χ1n) is 11.0. The second kappa shape index (κ2) is 8.05. The summed E-state index contributed by atoms with van der Waals surface area (Å²) in [4.78, 5) is 7.21. The fourth-order valence-electron chi connectivity index (χ4n) is 5.99. The number of fused-ring (bicyclic) bond motifs is 2. The number of ether oxygens (including phenoxy) is 2. The first-order valence-corrected chi connectivity index (χ1v) is 11.0. The molecule has 4 aliphatic rings. The van der Waals surface area contributed by atoms with E-state index in [-0.39, 0.29) is 0 Å². The van der Waals surface area contributed by atoms with Gasteiger partial charge in [0, 0.05) is 57.3 Å². The summed E-state index contributed by atoms with van der Waals surface area (Å²) >= 11 is 0. The van der Waals surface area contributed by atoms with Gasteiger partial charge in [-0.05, 0) is 51.4 Å². The Kier molecular flexibility index (Phi) is 5.75. The SMILES string of the molecule is CCN=C(NC1C2CCOC2C12CCCC2)N(C)CCC1CCOCC1. The Morgan fingerprint density at radius 2 is 1.92 bits per heavy atom. The minimum absolute atomic E-state index is 0.386. The molecule has 4 fully saturated rings. The van der Waals surface area contributed by atoms with Crippen LogP contribution in [0.3, 0.4) is 0 Å². The molecule has 0 bridgehead atoms. The summed E-state index contributed by atoms with van der Waals surface area (Å²) < 4.78 is 11.6. The standard InChI is InChI=1S/C21H37N3O2/c1-3-22-20(24(2)12-6-16-7-13-25-14-8-16)23-18-17-9-15-26-19(17)21(18)10-4-5-11-21/h16-19H,3-15H2,1-2H3,(H,22,23). The van der Waals surface area contributed by atoms with Gasteiger partial charge in [0.25, 0.3) is 0 Å². The van der Waals surface area contributed by atoms with E-state index in [0.717, 1.165) is 44.8 Å². The van der Waals surface area contributed by atoms with Crippen molar-refractivity contribution in [3.8, 4) is 0 Å². The Balaban J connectivity index is 1.37. The van der Waals surface area contributed by atoms with Crippen LogP contribution in [0.4, 0.5) is 0 Å². The van der Waals surface area contributed by atoms with Crippen molar-refractivity contribution in [2.24, 2.45) is 22.2 Å². The molecule has 1 N–H and O–H groups in total. The smallest absolute Gasteiger partial charge is 0.193 e. The molecule has 5 nitrogen and oxygen atoms in total. The second-order valence-corrected chi connectivity index (χ2v) is 8.87. The molecule has 0 aromatic heterocycles. The first-order chi connectivity index (χ1) is 12.7. The summed E-state index contributed by atoms with van der Waals surface area (Å²) in [6.45, 7) is 6.90. The fourth-order valence-corrected chi connectivity index (χ4v) is 5.99. The van der Waals surface area contributed by atoms with E-state index in [0.29, 0.717) is 23.5 Å². The van der Waals surface area contributed by atoms with E-state index >= 15 is 0 Å². The quantitative estimate of drug-likeness (QED) is 0.602. The summed E-state index contributed by atoms with van der Waals surface area (Å²) in [5.41, 5.74) is 0.386. The molecule has 3 atom stereocenters. The molecule has 148 valence electrons. The molecule has 3 unspecified atom stereocenters. The van der Waals surface area contributed by atoms with E-state index in [1.54, 1.807) is 0 Å². The van der Waals surface area contributed by atoms with Crippen molar-refractivity contribution in [2.75, 3.05) is 40.0 Å². The lowest BCUT2D eigenvalue weighted by Gasteiger charge is -2.57. The Labute approximate surface area is 158 Å². The van der Waals surface area contributed by atoms with Gasteiger partial charge in [0.2, 0.25) is 0 Å². The van der Waals surface area contributed by atoms with Crippen molar-refractivity contribution in [3.63, 3.8) is 0 Å². The molecule has 0 radical (unpaired) electrons. The number of hydrogen-bond acceptors (Lipinski definition) is 3. The van der Waals surface area contributed by atoms with E-state index < -0.39 is 0 Å². The highest BCUT2D eigenvalue weighted by Crippen LogP contribution is 2.60.